The number of hydrogen-bond acceptors (Lipinski definition) is 3. The van der Waals surface area contributed by atoms with Crippen LogP contribution in [0.1, 0.15) is 0 Å². The van der Waals surface area contributed by atoms with Crippen LogP contribution in [0.5, 0.6) is 0 Å². The molecule has 1 fully saturated rings. The van der Waals surface area contributed by atoms with Gasteiger partial charge in [-0.25, -0.2) is 0 Å². The quantitative estimate of drug-likeness (QED) is 0.559. The van der Waals surface area contributed by atoms with E-state index in [1.165, 1.54) is 0 Å². The molecule has 4 nitrogen and oxygen atoms in total. The molecule has 66 valence electrons. The van der Waals surface area contributed by atoms with Crippen molar-refractivity contribution in [2.45, 2.75) is 0 Å². The summed E-state index contributed by atoms with van der Waals surface area (Å²) in [5.41, 5.74) is 0. The van der Waals surface area contributed by atoms with Crippen molar-refractivity contribution in [1.82, 2.24) is 4.31 Å². The lowest BCUT2D eigenvalue weighted by Gasteiger charge is -2.21. The van der Waals surface area contributed by atoms with Crippen LogP contribution in [-0.4, -0.2) is 41.5 Å². The highest BCUT2D eigenvalue weighted by molar-refractivity contribution is 8.11. The minimum atomic E-state index is -3.58. The first-order valence-electron chi connectivity index (χ1n) is 3.05. The Labute approximate surface area is 72.5 Å². The second-order valence-corrected chi connectivity index (χ2v) is 6.40. The molecule has 1 rings (SSSR count). The molecule has 0 aliphatic carbocycles. The van der Waals surface area contributed by atoms with Gasteiger partial charge in [0, 0.05) is 46.1 Å². The molecule has 0 saturated carbocycles. The van der Waals surface area contributed by atoms with Crippen LogP contribution < -0.4 is 0 Å². The van der Waals surface area contributed by atoms with Gasteiger partial charge in [0.05, 0.1) is 0 Å². The Morgan fingerprint density at radius 1 is 1.27 bits per heavy atom. The second kappa shape index (κ2) is 3.38. The number of halogens is 1. The highest BCUT2D eigenvalue weighted by atomic mass is 35.7. The van der Waals surface area contributed by atoms with Crippen molar-refractivity contribution in [2.24, 2.45) is 0 Å². The Balaban J connectivity index is 2.60. The summed E-state index contributed by atoms with van der Waals surface area (Å²) in [4.78, 5) is 0. The molecule has 7 heteroatoms. The van der Waals surface area contributed by atoms with Crippen molar-refractivity contribution in [3.8, 4) is 0 Å². The maximum atomic E-state index is 10.8. The molecule has 1 aliphatic heterocycles. The number of rotatable bonds is 1. The third-order valence-corrected chi connectivity index (χ3v) is 4.29. The average Bonchev–Trinajstić information content (AvgIpc) is 1.86. The van der Waals surface area contributed by atoms with Crippen LogP contribution in [-0.2, 0) is 20.0 Å². The molecule has 0 atom stereocenters. The normalized spacial score (nSPS) is 23.7. The first-order chi connectivity index (χ1) is 5.00. The Kier molecular flexibility index (Phi) is 2.90. The van der Waals surface area contributed by atoms with Crippen molar-refractivity contribution in [2.75, 3.05) is 24.6 Å². The average molecular weight is 218 g/mol. The minimum absolute atomic E-state index is 0.276. The summed E-state index contributed by atoms with van der Waals surface area (Å²) in [6, 6.07) is 0. The molecular formula is C4H8ClNO3S2. The molecule has 0 aromatic carbocycles. The van der Waals surface area contributed by atoms with Crippen molar-refractivity contribution in [1.29, 1.82) is 0 Å². The van der Waals surface area contributed by atoms with Gasteiger partial charge in [-0.3, -0.25) is 4.21 Å². The monoisotopic (exact) mass is 217 g/mol. The van der Waals surface area contributed by atoms with E-state index < -0.39 is 20.0 Å². The molecule has 0 spiro atoms. The van der Waals surface area contributed by atoms with E-state index in [0.717, 1.165) is 4.31 Å². The van der Waals surface area contributed by atoms with Gasteiger partial charge in [-0.1, -0.05) is 0 Å². The Morgan fingerprint density at radius 2 is 1.73 bits per heavy atom. The van der Waals surface area contributed by atoms with Crippen molar-refractivity contribution >= 4 is 30.7 Å². The Hall–Kier alpha value is 0.350. The molecule has 1 heterocycles. The summed E-state index contributed by atoms with van der Waals surface area (Å²) in [5.74, 6) is 0.790. The summed E-state index contributed by atoms with van der Waals surface area (Å²) < 4.78 is 33.3. The van der Waals surface area contributed by atoms with E-state index in [0.29, 0.717) is 11.5 Å². The van der Waals surface area contributed by atoms with Crippen LogP contribution in [0.15, 0.2) is 0 Å². The van der Waals surface area contributed by atoms with Crippen LogP contribution in [0.25, 0.3) is 0 Å². The van der Waals surface area contributed by atoms with Gasteiger partial charge in [0.15, 0.2) is 0 Å². The second-order valence-electron chi connectivity index (χ2n) is 2.19. The molecule has 1 aliphatic rings. The minimum Gasteiger partial charge on any atom is -0.259 e. The summed E-state index contributed by atoms with van der Waals surface area (Å²) in [7, 11) is 0.620. The van der Waals surface area contributed by atoms with Gasteiger partial charge in [0.1, 0.15) is 0 Å². The van der Waals surface area contributed by atoms with E-state index >= 15 is 0 Å². The molecular weight excluding hydrogens is 210 g/mol. The van der Waals surface area contributed by atoms with Gasteiger partial charge >= 0.3 is 0 Å². The Morgan fingerprint density at radius 3 is 2.09 bits per heavy atom. The summed E-state index contributed by atoms with van der Waals surface area (Å²) in [5, 5.41) is 0. The van der Waals surface area contributed by atoms with Crippen molar-refractivity contribution in [3.63, 3.8) is 0 Å². The zero-order valence-corrected chi connectivity index (χ0v) is 8.08. The highest BCUT2D eigenvalue weighted by Gasteiger charge is 2.23. The van der Waals surface area contributed by atoms with E-state index in [4.69, 9.17) is 10.7 Å². The van der Waals surface area contributed by atoms with Gasteiger partial charge < -0.3 is 0 Å². The molecule has 0 aromatic heterocycles. The van der Waals surface area contributed by atoms with Gasteiger partial charge in [0.25, 0.3) is 9.24 Å². The predicted molar refractivity (Wildman–Crippen MR) is 44.2 cm³/mol. The van der Waals surface area contributed by atoms with E-state index in [-0.39, 0.29) is 13.1 Å². The van der Waals surface area contributed by atoms with Gasteiger partial charge in [0.2, 0.25) is 0 Å². The lowest BCUT2D eigenvalue weighted by molar-refractivity contribution is 0.450. The van der Waals surface area contributed by atoms with Gasteiger partial charge in [-0.15, -0.1) is 0 Å². The lowest BCUT2D eigenvalue weighted by atomic mass is 10.6. The third kappa shape index (κ3) is 2.70. The fourth-order valence-electron chi connectivity index (χ4n) is 0.839. The molecule has 0 amide bonds. The first kappa shape index (κ1) is 9.44. The smallest absolute Gasteiger partial charge is 0.259 e. The largest absolute Gasteiger partial charge is 0.299 e. The maximum absolute atomic E-state index is 10.8. The molecule has 1 saturated heterocycles. The van der Waals surface area contributed by atoms with E-state index in [1.54, 1.807) is 0 Å². The van der Waals surface area contributed by atoms with Crippen molar-refractivity contribution < 1.29 is 12.6 Å². The number of nitrogens with zero attached hydrogens (tertiary/aromatic N) is 1. The van der Waals surface area contributed by atoms with Gasteiger partial charge in [-0.2, -0.15) is 12.7 Å². The maximum Gasteiger partial charge on any atom is 0.299 e. The molecule has 11 heavy (non-hydrogen) atoms. The van der Waals surface area contributed by atoms with Crippen LogP contribution in [0, 0.1) is 0 Å². The SMILES string of the molecule is O=S1CCN(S(=O)(=O)Cl)CC1. The van der Waals surface area contributed by atoms with Crippen LogP contribution in [0.2, 0.25) is 0 Å². The molecule has 0 N–H and O–H groups in total. The zero-order chi connectivity index (χ0) is 8.48. The predicted octanol–water partition coefficient (Wildman–Crippen LogP) is -0.466. The van der Waals surface area contributed by atoms with Crippen LogP contribution >= 0.6 is 10.7 Å². The van der Waals surface area contributed by atoms with E-state index in [9.17, 15) is 12.6 Å². The molecule has 0 radical (unpaired) electrons. The van der Waals surface area contributed by atoms with Crippen LogP contribution in [0.3, 0.4) is 0 Å². The lowest BCUT2D eigenvalue weighted by Crippen LogP contribution is -2.39. The van der Waals surface area contributed by atoms with E-state index in [1.807, 2.05) is 0 Å². The highest BCUT2D eigenvalue weighted by Crippen LogP contribution is 2.09. The van der Waals surface area contributed by atoms with Gasteiger partial charge in [-0.05, 0) is 0 Å². The van der Waals surface area contributed by atoms with Crippen molar-refractivity contribution in [3.05, 3.63) is 0 Å². The molecule has 0 bridgehead atoms. The first-order valence-corrected chi connectivity index (χ1v) is 6.80. The Bertz CT molecular complexity index is 253. The summed E-state index contributed by atoms with van der Waals surface area (Å²) >= 11 is 0. The topological polar surface area (TPSA) is 54.5 Å². The standard InChI is InChI=1S/C4H8ClNO3S2/c5-11(8,9)6-1-3-10(7)4-2-6/h1-4H2. The fourth-order valence-corrected chi connectivity index (χ4v) is 3.16. The number of hydrogen-bond donors (Lipinski definition) is 0. The summed E-state index contributed by atoms with van der Waals surface area (Å²) in [6.45, 7) is 0.552. The van der Waals surface area contributed by atoms with E-state index in [2.05, 4.69) is 0 Å². The summed E-state index contributed by atoms with van der Waals surface area (Å²) in [6.07, 6.45) is 0. The molecule has 0 aromatic rings. The van der Waals surface area contributed by atoms with Crippen LogP contribution in [0.4, 0.5) is 0 Å². The molecule has 0 unspecified atom stereocenters. The zero-order valence-electron chi connectivity index (χ0n) is 5.69. The third-order valence-electron chi connectivity index (χ3n) is 1.45. The fraction of sp³-hybridized carbons (Fsp3) is 1.00.